The molecule has 120 valence electrons. The highest BCUT2D eigenvalue weighted by Crippen LogP contribution is 2.33. The van der Waals surface area contributed by atoms with E-state index >= 15 is 0 Å². The Morgan fingerprint density at radius 1 is 1.09 bits per heavy atom. The maximum Gasteiger partial charge on any atom is 0.123 e. The second-order valence-corrected chi connectivity index (χ2v) is 6.26. The normalized spacial score (nSPS) is 22.0. The Morgan fingerprint density at radius 3 is 2.52 bits per heavy atom. The molecular formula is C20H22FNO. The molecule has 1 aliphatic heterocycles. The first-order valence-corrected chi connectivity index (χ1v) is 8.25. The Labute approximate surface area is 136 Å². The molecule has 1 fully saturated rings. The average molecular weight is 311 g/mol. The Morgan fingerprint density at radius 2 is 1.83 bits per heavy atom. The van der Waals surface area contributed by atoms with Gasteiger partial charge in [0.2, 0.25) is 0 Å². The number of hydrogen-bond donors (Lipinski definition) is 0. The van der Waals surface area contributed by atoms with Gasteiger partial charge in [-0.05, 0) is 49.1 Å². The molecule has 1 saturated heterocycles. The van der Waals surface area contributed by atoms with Crippen molar-refractivity contribution in [2.24, 2.45) is 5.92 Å². The molecule has 0 aliphatic carbocycles. The number of piperidine rings is 1. The van der Waals surface area contributed by atoms with Gasteiger partial charge in [0.15, 0.2) is 0 Å². The molecule has 2 atom stereocenters. The van der Waals surface area contributed by atoms with E-state index in [0.29, 0.717) is 0 Å². The molecule has 23 heavy (non-hydrogen) atoms. The summed E-state index contributed by atoms with van der Waals surface area (Å²) < 4.78 is 13.2. The second-order valence-electron chi connectivity index (χ2n) is 6.26. The van der Waals surface area contributed by atoms with Gasteiger partial charge in [-0.25, -0.2) is 4.39 Å². The lowest BCUT2D eigenvalue weighted by Crippen LogP contribution is -2.38. The summed E-state index contributed by atoms with van der Waals surface area (Å²) in [6, 6.07) is 17.4. The van der Waals surface area contributed by atoms with E-state index in [2.05, 4.69) is 29.2 Å². The summed E-state index contributed by atoms with van der Waals surface area (Å²) in [6.07, 6.45) is 3.80. The third-order valence-corrected chi connectivity index (χ3v) is 4.73. The summed E-state index contributed by atoms with van der Waals surface area (Å²) in [5.41, 5.74) is 2.42. The summed E-state index contributed by atoms with van der Waals surface area (Å²) in [5.74, 6) is -0.106. The number of hydrogen-bond acceptors (Lipinski definition) is 2. The van der Waals surface area contributed by atoms with E-state index in [1.165, 1.54) is 17.7 Å². The van der Waals surface area contributed by atoms with Gasteiger partial charge in [0.25, 0.3) is 0 Å². The van der Waals surface area contributed by atoms with Gasteiger partial charge in [0.1, 0.15) is 12.1 Å². The van der Waals surface area contributed by atoms with Crippen LogP contribution in [0, 0.1) is 11.7 Å². The molecule has 1 heterocycles. The lowest BCUT2D eigenvalue weighted by atomic mass is 9.87. The zero-order valence-corrected chi connectivity index (χ0v) is 13.2. The molecule has 3 rings (SSSR count). The number of carbonyl (C=O) groups is 1. The Balaban J connectivity index is 1.73. The molecule has 0 bridgehead atoms. The van der Waals surface area contributed by atoms with Gasteiger partial charge in [-0.3, -0.25) is 4.90 Å². The number of rotatable bonds is 5. The number of benzene rings is 2. The van der Waals surface area contributed by atoms with Crippen molar-refractivity contribution in [2.45, 2.75) is 25.3 Å². The van der Waals surface area contributed by atoms with Crippen LogP contribution >= 0.6 is 0 Å². The molecule has 3 heteroatoms. The predicted octanol–water partition coefficient (Wildman–Crippen LogP) is 4.02. The van der Waals surface area contributed by atoms with E-state index in [1.807, 2.05) is 18.2 Å². The van der Waals surface area contributed by atoms with Crippen LogP contribution in [0.2, 0.25) is 0 Å². The van der Waals surface area contributed by atoms with E-state index in [4.69, 9.17) is 0 Å². The summed E-state index contributed by atoms with van der Waals surface area (Å²) in [4.78, 5) is 13.6. The van der Waals surface area contributed by atoms with Crippen molar-refractivity contribution in [1.29, 1.82) is 0 Å². The van der Waals surface area contributed by atoms with Crippen LogP contribution in [0.25, 0.3) is 0 Å². The highest BCUT2D eigenvalue weighted by atomic mass is 19.1. The smallest absolute Gasteiger partial charge is 0.123 e. The van der Waals surface area contributed by atoms with Crippen LogP contribution in [0.1, 0.15) is 30.0 Å². The van der Waals surface area contributed by atoms with Gasteiger partial charge in [0.05, 0.1) is 0 Å². The van der Waals surface area contributed by atoms with Crippen molar-refractivity contribution in [2.75, 3.05) is 13.1 Å². The first-order chi connectivity index (χ1) is 11.3. The van der Waals surface area contributed by atoms with Gasteiger partial charge >= 0.3 is 0 Å². The minimum Gasteiger partial charge on any atom is -0.303 e. The first kappa shape index (κ1) is 15.9. The van der Waals surface area contributed by atoms with E-state index in [-0.39, 0.29) is 17.8 Å². The van der Waals surface area contributed by atoms with Crippen molar-refractivity contribution in [3.05, 3.63) is 71.5 Å². The predicted molar refractivity (Wildman–Crippen MR) is 89.6 cm³/mol. The SMILES string of the molecule is O=CC1CCN(CCc2ccccc2)C(c2ccc(F)cc2)C1. The maximum absolute atomic E-state index is 13.2. The molecule has 2 aromatic carbocycles. The van der Waals surface area contributed by atoms with Crippen molar-refractivity contribution >= 4 is 6.29 Å². The monoisotopic (exact) mass is 311 g/mol. The van der Waals surface area contributed by atoms with Crippen molar-refractivity contribution in [1.82, 2.24) is 4.90 Å². The fourth-order valence-corrected chi connectivity index (χ4v) is 3.38. The van der Waals surface area contributed by atoms with Gasteiger partial charge < -0.3 is 4.79 Å². The molecule has 0 amide bonds. The standard InChI is InChI=1S/C20H22FNO/c21-19-8-6-18(7-9-19)20-14-17(15-23)11-13-22(20)12-10-16-4-2-1-3-5-16/h1-9,15,17,20H,10-14H2. The summed E-state index contributed by atoms with van der Waals surface area (Å²) in [5, 5.41) is 0. The van der Waals surface area contributed by atoms with Gasteiger partial charge in [0, 0.05) is 18.5 Å². The number of halogens is 1. The molecular weight excluding hydrogens is 289 g/mol. The number of carbonyl (C=O) groups excluding carboxylic acids is 1. The van der Waals surface area contributed by atoms with Gasteiger partial charge in [-0.1, -0.05) is 42.5 Å². The molecule has 2 nitrogen and oxygen atoms in total. The van der Waals surface area contributed by atoms with Crippen LogP contribution in [-0.2, 0) is 11.2 Å². The lowest BCUT2D eigenvalue weighted by molar-refractivity contribution is -0.113. The van der Waals surface area contributed by atoms with Crippen molar-refractivity contribution in [3.8, 4) is 0 Å². The molecule has 0 radical (unpaired) electrons. The quantitative estimate of drug-likeness (QED) is 0.777. The number of nitrogens with zero attached hydrogens (tertiary/aromatic N) is 1. The van der Waals surface area contributed by atoms with Gasteiger partial charge in [-0.2, -0.15) is 0 Å². The van der Waals surface area contributed by atoms with E-state index in [9.17, 15) is 9.18 Å². The number of aldehydes is 1. The van der Waals surface area contributed by atoms with Crippen molar-refractivity contribution in [3.63, 3.8) is 0 Å². The zero-order valence-electron chi connectivity index (χ0n) is 13.2. The second kappa shape index (κ2) is 7.51. The highest BCUT2D eigenvalue weighted by Gasteiger charge is 2.29. The first-order valence-electron chi connectivity index (χ1n) is 8.25. The van der Waals surface area contributed by atoms with E-state index in [0.717, 1.165) is 44.2 Å². The lowest BCUT2D eigenvalue weighted by Gasteiger charge is -2.38. The summed E-state index contributed by atoms with van der Waals surface area (Å²) in [7, 11) is 0. The van der Waals surface area contributed by atoms with Crippen LogP contribution < -0.4 is 0 Å². The van der Waals surface area contributed by atoms with Crippen LogP contribution in [0.15, 0.2) is 54.6 Å². The molecule has 0 N–H and O–H groups in total. The van der Waals surface area contributed by atoms with Crippen LogP contribution in [-0.4, -0.2) is 24.3 Å². The fraction of sp³-hybridized carbons (Fsp3) is 0.350. The third kappa shape index (κ3) is 4.05. The maximum atomic E-state index is 13.2. The highest BCUT2D eigenvalue weighted by molar-refractivity contribution is 5.54. The van der Waals surface area contributed by atoms with Crippen LogP contribution in [0.3, 0.4) is 0 Å². The minimum absolute atomic E-state index is 0.109. The average Bonchev–Trinajstić information content (AvgIpc) is 2.61. The molecule has 0 saturated carbocycles. The molecule has 2 unspecified atom stereocenters. The summed E-state index contributed by atoms with van der Waals surface area (Å²) >= 11 is 0. The van der Waals surface area contributed by atoms with E-state index < -0.39 is 0 Å². The van der Waals surface area contributed by atoms with Gasteiger partial charge in [-0.15, -0.1) is 0 Å². The molecule has 2 aromatic rings. The fourth-order valence-electron chi connectivity index (χ4n) is 3.38. The molecule has 0 aromatic heterocycles. The Kier molecular flexibility index (Phi) is 5.19. The van der Waals surface area contributed by atoms with E-state index in [1.54, 1.807) is 0 Å². The zero-order chi connectivity index (χ0) is 16.1. The third-order valence-electron chi connectivity index (χ3n) is 4.73. The van der Waals surface area contributed by atoms with Crippen molar-refractivity contribution < 1.29 is 9.18 Å². The largest absolute Gasteiger partial charge is 0.303 e. The van der Waals surface area contributed by atoms with Crippen LogP contribution in [0.5, 0.6) is 0 Å². The topological polar surface area (TPSA) is 20.3 Å². The summed E-state index contributed by atoms with van der Waals surface area (Å²) in [6.45, 7) is 1.87. The molecule has 0 spiro atoms. The molecule has 1 aliphatic rings. The Hall–Kier alpha value is -2.00. The number of likely N-dealkylation sites (tertiary alicyclic amines) is 1. The van der Waals surface area contributed by atoms with Crippen LogP contribution in [0.4, 0.5) is 4.39 Å². The minimum atomic E-state index is -0.215. The Bertz CT molecular complexity index is 626.